The van der Waals surface area contributed by atoms with Crippen LogP contribution in [-0.4, -0.2) is 75.6 Å². The van der Waals surface area contributed by atoms with Crippen molar-refractivity contribution in [2.75, 3.05) is 54.1 Å². The normalized spacial score (nSPS) is 14.2. The third-order valence-electron chi connectivity index (χ3n) is 7.17. The molecule has 2 atom stereocenters. The molecule has 0 heterocycles. The van der Waals surface area contributed by atoms with Crippen molar-refractivity contribution >= 4 is 13.8 Å². The first-order valence-electron chi connectivity index (χ1n) is 16.8. The molecule has 0 spiro atoms. The van der Waals surface area contributed by atoms with E-state index >= 15 is 0 Å². The topological polar surface area (TPSA) is 91.3 Å². The molecule has 1 N–H and O–H groups in total. The Morgan fingerprint density at radius 2 is 1.12 bits per heavy atom. The first kappa shape index (κ1) is 40.5. The number of unbranched alkanes of at least 4 members (excludes halogenated alkanes) is 17. The van der Waals surface area contributed by atoms with Gasteiger partial charge < -0.3 is 18.9 Å². The minimum Gasteiger partial charge on any atom is -0.457 e. The van der Waals surface area contributed by atoms with Crippen molar-refractivity contribution in [3.05, 3.63) is 0 Å². The lowest BCUT2D eigenvalue weighted by Crippen LogP contribution is -2.37. The van der Waals surface area contributed by atoms with Gasteiger partial charge in [0.25, 0.3) is 0 Å². The Morgan fingerprint density at radius 3 is 1.61 bits per heavy atom. The third kappa shape index (κ3) is 30.8. The summed E-state index contributed by atoms with van der Waals surface area (Å²) in [5.41, 5.74) is 0. The predicted molar refractivity (Wildman–Crippen MR) is 169 cm³/mol. The van der Waals surface area contributed by atoms with Gasteiger partial charge in [-0.2, -0.15) is 0 Å². The molecular weight excluding hydrogens is 541 g/mol. The standard InChI is InChI=1S/C32H66NO7P/c1-6-8-10-12-14-16-17-19-21-23-25-32(34)40-31(30-39-41(35,36)38-28-26-33(3,4)5)29-37-27-24-22-20-18-15-13-11-9-7-2/h31H,6-30H2,1-5H3/p+1. The van der Waals surface area contributed by atoms with E-state index in [1.54, 1.807) is 0 Å². The van der Waals surface area contributed by atoms with Gasteiger partial charge >= 0.3 is 13.8 Å². The summed E-state index contributed by atoms with van der Waals surface area (Å²) in [6.07, 6.45) is 22.7. The molecule has 0 amide bonds. The molecule has 0 aromatic heterocycles. The molecule has 0 aromatic rings. The van der Waals surface area contributed by atoms with Crippen molar-refractivity contribution in [3.8, 4) is 0 Å². The van der Waals surface area contributed by atoms with Crippen LogP contribution in [0.4, 0.5) is 0 Å². The number of hydrogen-bond donors (Lipinski definition) is 1. The fourth-order valence-electron chi connectivity index (χ4n) is 4.49. The highest BCUT2D eigenvalue weighted by atomic mass is 31.2. The Bertz CT molecular complexity index is 642. The monoisotopic (exact) mass is 608 g/mol. The fourth-order valence-corrected chi connectivity index (χ4v) is 5.23. The van der Waals surface area contributed by atoms with E-state index < -0.39 is 13.9 Å². The van der Waals surface area contributed by atoms with Crippen LogP contribution in [0.25, 0.3) is 0 Å². The second-order valence-electron chi connectivity index (χ2n) is 12.6. The van der Waals surface area contributed by atoms with Crippen molar-refractivity contribution in [3.63, 3.8) is 0 Å². The molecule has 0 bridgehead atoms. The molecule has 0 radical (unpaired) electrons. The number of nitrogens with zero attached hydrogens (tertiary/aromatic N) is 1. The van der Waals surface area contributed by atoms with Crippen molar-refractivity contribution in [2.24, 2.45) is 0 Å². The number of likely N-dealkylation sites (N-methyl/N-ethyl adjacent to an activating group) is 1. The van der Waals surface area contributed by atoms with Gasteiger partial charge in [-0.25, -0.2) is 4.57 Å². The van der Waals surface area contributed by atoms with E-state index in [9.17, 15) is 14.3 Å². The smallest absolute Gasteiger partial charge is 0.457 e. The maximum Gasteiger partial charge on any atom is 0.472 e. The number of carbonyl (C=O) groups excluding carboxylic acids is 1. The van der Waals surface area contributed by atoms with Gasteiger partial charge in [-0.05, 0) is 12.8 Å². The zero-order chi connectivity index (χ0) is 30.7. The molecule has 246 valence electrons. The lowest BCUT2D eigenvalue weighted by Gasteiger charge is -2.24. The summed E-state index contributed by atoms with van der Waals surface area (Å²) in [5.74, 6) is -0.316. The molecule has 0 aliphatic heterocycles. The molecule has 2 unspecified atom stereocenters. The Labute approximate surface area is 253 Å². The van der Waals surface area contributed by atoms with Crippen LogP contribution in [0.1, 0.15) is 142 Å². The average molecular weight is 609 g/mol. The average Bonchev–Trinajstić information content (AvgIpc) is 2.90. The molecule has 9 heteroatoms. The molecule has 0 aliphatic carbocycles. The Balaban J connectivity index is 4.35. The third-order valence-corrected chi connectivity index (χ3v) is 8.15. The van der Waals surface area contributed by atoms with Crippen molar-refractivity contribution in [2.45, 2.75) is 148 Å². The molecule has 8 nitrogen and oxygen atoms in total. The predicted octanol–water partition coefficient (Wildman–Crippen LogP) is 8.60. The summed E-state index contributed by atoms with van der Waals surface area (Å²) in [6.45, 7) is 5.60. The highest BCUT2D eigenvalue weighted by Crippen LogP contribution is 2.43. The van der Waals surface area contributed by atoms with Gasteiger partial charge in [-0.15, -0.1) is 0 Å². The van der Waals surface area contributed by atoms with Gasteiger partial charge in [0.05, 0.1) is 34.4 Å². The molecule has 0 aliphatic rings. The number of carbonyl (C=O) groups is 1. The number of phosphoric acid groups is 1. The summed E-state index contributed by atoms with van der Waals surface area (Å²) < 4.78 is 34.6. The van der Waals surface area contributed by atoms with E-state index in [-0.39, 0.29) is 25.8 Å². The SMILES string of the molecule is CCCCCCCCCCCCC(=O)OC(COCCCCCCCCCCC)COP(=O)(O)OCC[N+](C)(C)C. The Hall–Kier alpha value is -0.500. The van der Waals surface area contributed by atoms with Gasteiger partial charge in [-0.1, -0.05) is 123 Å². The summed E-state index contributed by atoms with van der Waals surface area (Å²) in [7, 11) is 1.67. The summed E-state index contributed by atoms with van der Waals surface area (Å²) in [6, 6.07) is 0. The first-order valence-corrected chi connectivity index (χ1v) is 18.3. The quantitative estimate of drug-likeness (QED) is 0.0365. The number of ether oxygens (including phenoxy) is 2. The van der Waals surface area contributed by atoms with Crippen LogP contribution in [0.5, 0.6) is 0 Å². The fraction of sp³-hybridized carbons (Fsp3) is 0.969. The van der Waals surface area contributed by atoms with Gasteiger partial charge in [-0.3, -0.25) is 13.8 Å². The minimum absolute atomic E-state index is 0.0928. The summed E-state index contributed by atoms with van der Waals surface area (Å²) in [4.78, 5) is 22.6. The van der Waals surface area contributed by atoms with Crippen LogP contribution in [0, 0.1) is 0 Å². The zero-order valence-electron chi connectivity index (χ0n) is 27.5. The molecule has 0 rings (SSSR count). The Kier molecular flexibility index (Phi) is 26.7. The van der Waals surface area contributed by atoms with Crippen LogP contribution < -0.4 is 0 Å². The van der Waals surface area contributed by atoms with Gasteiger partial charge in [0.2, 0.25) is 0 Å². The van der Waals surface area contributed by atoms with Crippen molar-refractivity contribution in [1.29, 1.82) is 0 Å². The Morgan fingerprint density at radius 1 is 0.659 bits per heavy atom. The number of hydrogen-bond acceptors (Lipinski definition) is 6. The first-order chi connectivity index (χ1) is 19.6. The number of rotatable bonds is 31. The van der Waals surface area contributed by atoms with Crippen molar-refractivity contribution in [1.82, 2.24) is 0 Å². The maximum atomic E-state index is 12.5. The van der Waals surface area contributed by atoms with Crippen LogP contribution in [0.15, 0.2) is 0 Å². The molecule has 0 fully saturated rings. The minimum atomic E-state index is -4.25. The number of esters is 1. The molecule has 0 saturated heterocycles. The van der Waals surface area contributed by atoms with E-state index in [2.05, 4.69) is 13.8 Å². The highest BCUT2D eigenvalue weighted by molar-refractivity contribution is 7.47. The molecular formula is C32H67NO7P+. The van der Waals surface area contributed by atoms with Gasteiger partial charge in [0, 0.05) is 13.0 Å². The molecule has 0 aromatic carbocycles. The number of quaternary nitrogens is 1. The summed E-state index contributed by atoms with van der Waals surface area (Å²) >= 11 is 0. The van der Waals surface area contributed by atoms with Gasteiger partial charge in [0.15, 0.2) is 0 Å². The van der Waals surface area contributed by atoms with Gasteiger partial charge in [0.1, 0.15) is 19.3 Å². The van der Waals surface area contributed by atoms with E-state index in [1.807, 2.05) is 21.1 Å². The second kappa shape index (κ2) is 27.1. The molecule has 41 heavy (non-hydrogen) atoms. The van der Waals surface area contributed by atoms with E-state index in [0.717, 1.165) is 32.1 Å². The van der Waals surface area contributed by atoms with Crippen LogP contribution in [-0.2, 0) is 27.9 Å². The largest absolute Gasteiger partial charge is 0.472 e. The second-order valence-corrected chi connectivity index (χ2v) is 14.0. The van der Waals surface area contributed by atoms with E-state index in [1.165, 1.54) is 89.9 Å². The number of phosphoric ester groups is 1. The van der Waals surface area contributed by atoms with E-state index in [4.69, 9.17) is 18.5 Å². The van der Waals surface area contributed by atoms with Crippen molar-refractivity contribution < 1.29 is 37.3 Å². The maximum absolute atomic E-state index is 12.5. The van der Waals surface area contributed by atoms with Crippen LogP contribution in [0.3, 0.4) is 0 Å². The summed E-state index contributed by atoms with van der Waals surface area (Å²) in [5, 5.41) is 0. The lowest BCUT2D eigenvalue weighted by molar-refractivity contribution is -0.870. The van der Waals surface area contributed by atoms with E-state index in [0.29, 0.717) is 24.1 Å². The lowest BCUT2D eigenvalue weighted by atomic mass is 10.1. The van der Waals surface area contributed by atoms with Crippen LogP contribution in [0.2, 0.25) is 0 Å². The zero-order valence-corrected chi connectivity index (χ0v) is 28.4. The highest BCUT2D eigenvalue weighted by Gasteiger charge is 2.26. The van der Waals surface area contributed by atoms with Crippen LogP contribution >= 0.6 is 7.82 Å². The molecule has 0 saturated carbocycles.